The van der Waals surface area contributed by atoms with Crippen LogP contribution in [0.3, 0.4) is 0 Å². The van der Waals surface area contributed by atoms with Gasteiger partial charge in [0.1, 0.15) is 5.69 Å². The molecule has 2 bridgehead atoms. The number of nitriles is 1. The lowest BCUT2D eigenvalue weighted by Crippen LogP contribution is -2.48. The maximum Gasteiger partial charge on any atom is 0.269 e. The molecule has 150 valence electrons. The standard InChI is InChI=1S/C22H20N6OS/c23-13-28-12-14-8-18(20(28)9-14)25-22(29)19-10-17(26-27-19)16-11-24-7-6-21(16)30-15-4-2-1-3-5-15/h1-7,10-11,14,18,20H,8-9,12H2,(H,25,29)(H,26,27). The van der Waals surface area contributed by atoms with E-state index < -0.39 is 0 Å². The van der Waals surface area contributed by atoms with Crippen molar-refractivity contribution < 1.29 is 4.79 Å². The van der Waals surface area contributed by atoms with E-state index in [1.54, 1.807) is 35.1 Å². The van der Waals surface area contributed by atoms with E-state index in [-0.39, 0.29) is 18.0 Å². The maximum atomic E-state index is 12.8. The third-order valence-electron chi connectivity index (χ3n) is 5.78. The Bertz CT molecular complexity index is 1110. The first-order chi connectivity index (χ1) is 14.7. The van der Waals surface area contributed by atoms with Crippen LogP contribution in [0.5, 0.6) is 0 Å². The summed E-state index contributed by atoms with van der Waals surface area (Å²) in [6.07, 6.45) is 7.67. The molecule has 1 saturated carbocycles. The lowest BCUT2D eigenvalue weighted by molar-refractivity contribution is 0.0907. The minimum atomic E-state index is -0.189. The molecule has 1 aromatic carbocycles. The van der Waals surface area contributed by atoms with E-state index in [4.69, 9.17) is 0 Å². The van der Waals surface area contributed by atoms with E-state index in [1.165, 1.54) is 0 Å². The van der Waals surface area contributed by atoms with Gasteiger partial charge in [0, 0.05) is 34.3 Å². The average molecular weight is 417 g/mol. The predicted molar refractivity (Wildman–Crippen MR) is 112 cm³/mol. The van der Waals surface area contributed by atoms with Crippen LogP contribution >= 0.6 is 11.8 Å². The van der Waals surface area contributed by atoms with Gasteiger partial charge in [-0.3, -0.25) is 14.9 Å². The van der Waals surface area contributed by atoms with Crippen molar-refractivity contribution in [1.29, 1.82) is 5.26 Å². The Morgan fingerprint density at radius 3 is 2.93 bits per heavy atom. The van der Waals surface area contributed by atoms with Gasteiger partial charge in [-0.05, 0) is 43.0 Å². The fraction of sp³-hybridized carbons (Fsp3) is 0.273. The van der Waals surface area contributed by atoms with Crippen molar-refractivity contribution in [2.24, 2.45) is 5.92 Å². The SMILES string of the molecule is N#CN1CC2CC(NC(=O)c3cc(-c4cnccc4Sc4ccccc4)n[nH]3)C1C2. The Balaban J connectivity index is 1.33. The van der Waals surface area contributed by atoms with Gasteiger partial charge < -0.3 is 10.2 Å². The molecule has 30 heavy (non-hydrogen) atoms. The molecular formula is C22H20N6OS. The highest BCUT2D eigenvalue weighted by molar-refractivity contribution is 7.99. The molecule has 2 N–H and O–H groups in total. The van der Waals surface area contributed by atoms with Gasteiger partial charge in [0.2, 0.25) is 0 Å². The van der Waals surface area contributed by atoms with Gasteiger partial charge in [-0.1, -0.05) is 30.0 Å². The van der Waals surface area contributed by atoms with Gasteiger partial charge in [-0.25, -0.2) is 0 Å². The van der Waals surface area contributed by atoms with Crippen LogP contribution in [-0.4, -0.2) is 44.6 Å². The summed E-state index contributed by atoms with van der Waals surface area (Å²) >= 11 is 1.63. The minimum absolute atomic E-state index is 0.00485. The lowest BCUT2D eigenvalue weighted by atomic mass is 10.1. The van der Waals surface area contributed by atoms with Crippen LogP contribution in [0, 0.1) is 17.4 Å². The first kappa shape index (κ1) is 18.7. The summed E-state index contributed by atoms with van der Waals surface area (Å²) in [5, 5.41) is 19.6. The maximum absolute atomic E-state index is 12.8. The zero-order chi connectivity index (χ0) is 20.5. The van der Waals surface area contributed by atoms with Crippen molar-refractivity contribution >= 4 is 17.7 Å². The largest absolute Gasteiger partial charge is 0.346 e. The highest BCUT2D eigenvalue weighted by atomic mass is 32.2. The predicted octanol–water partition coefficient (Wildman–Crippen LogP) is 3.30. The smallest absolute Gasteiger partial charge is 0.269 e. The topological polar surface area (TPSA) is 97.7 Å². The van der Waals surface area contributed by atoms with Gasteiger partial charge in [0.15, 0.2) is 6.19 Å². The number of aromatic nitrogens is 3. The van der Waals surface area contributed by atoms with E-state index in [1.807, 2.05) is 24.3 Å². The Hall–Kier alpha value is -3.31. The average Bonchev–Trinajstić information content (AvgIpc) is 3.50. The monoisotopic (exact) mass is 416 g/mol. The number of nitrogens with one attached hydrogen (secondary N) is 2. The van der Waals surface area contributed by atoms with Gasteiger partial charge in [-0.2, -0.15) is 10.4 Å². The number of H-pyrrole nitrogens is 1. The molecule has 5 rings (SSSR count). The fourth-order valence-electron chi connectivity index (χ4n) is 4.40. The number of aromatic amines is 1. The quantitative estimate of drug-likeness (QED) is 0.620. The van der Waals surface area contributed by atoms with Gasteiger partial charge >= 0.3 is 0 Å². The molecule has 3 atom stereocenters. The number of hydrogen-bond donors (Lipinski definition) is 2. The molecule has 1 saturated heterocycles. The summed E-state index contributed by atoms with van der Waals surface area (Å²) in [5.74, 6) is 0.301. The number of carbonyl (C=O) groups excluding carboxylic acids is 1. The van der Waals surface area contributed by atoms with Crippen LogP contribution in [0.1, 0.15) is 23.3 Å². The molecule has 7 nitrogen and oxygen atoms in total. The second-order valence-electron chi connectivity index (χ2n) is 7.69. The zero-order valence-corrected chi connectivity index (χ0v) is 17.0. The number of likely N-dealkylation sites (tertiary alicyclic amines) is 1. The lowest BCUT2D eigenvalue weighted by Gasteiger charge is -2.29. The molecule has 1 amide bonds. The van der Waals surface area contributed by atoms with E-state index in [0.29, 0.717) is 17.3 Å². The second kappa shape index (κ2) is 7.84. The highest BCUT2D eigenvalue weighted by Crippen LogP contribution is 2.37. The van der Waals surface area contributed by atoms with E-state index in [9.17, 15) is 10.1 Å². The van der Waals surface area contributed by atoms with Crippen molar-refractivity contribution in [1.82, 2.24) is 25.4 Å². The van der Waals surface area contributed by atoms with E-state index >= 15 is 0 Å². The van der Waals surface area contributed by atoms with Gasteiger partial charge in [0.05, 0.1) is 17.8 Å². The fourth-order valence-corrected chi connectivity index (χ4v) is 5.34. The summed E-state index contributed by atoms with van der Waals surface area (Å²) in [6, 6.07) is 13.9. The molecule has 0 radical (unpaired) electrons. The molecule has 1 aliphatic carbocycles. The number of nitrogens with zero attached hydrogens (tertiary/aromatic N) is 4. The third-order valence-corrected chi connectivity index (χ3v) is 6.86. The van der Waals surface area contributed by atoms with Crippen molar-refractivity contribution in [3.8, 4) is 17.5 Å². The van der Waals surface area contributed by atoms with Crippen molar-refractivity contribution in [3.05, 3.63) is 60.6 Å². The van der Waals surface area contributed by atoms with Gasteiger partial charge in [-0.15, -0.1) is 0 Å². The number of fused-ring (bicyclic) bond motifs is 2. The van der Waals surface area contributed by atoms with Crippen LogP contribution in [0.15, 0.2) is 64.6 Å². The number of pyridine rings is 1. The number of rotatable bonds is 5. The molecule has 8 heteroatoms. The Morgan fingerprint density at radius 1 is 1.27 bits per heavy atom. The molecule has 2 fully saturated rings. The Morgan fingerprint density at radius 2 is 2.13 bits per heavy atom. The molecule has 2 aromatic heterocycles. The number of carbonyl (C=O) groups is 1. The molecule has 3 unspecified atom stereocenters. The molecule has 1 aliphatic heterocycles. The Labute approximate surface area is 178 Å². The summed E-state index contributed by atoms with van der Waals surface area (Å²) in [7, 11) is 0. The molecule has 3 heterocycles. The van der Waals surface area contributed by atoms with Crippen LogP contribution in [0.25, 0.3) is 11.3 Å². The van der Waals surface area contributed by atoms with Crippen LogP contribution in [0.4, 0.5) is 0 Å². The summed E-state index contributed by atoms with van der Waals surface area (Å²) < 4.78 is 0. The number of piperidine rings is 1. The number of benzene rings is 1. The van der Waals surface area contributed by atoms with Gasteiger partial charge in [0.25, 0.3) is 5.91 Å². The minimum Gasteiger partial charge on any atom is -0.346 e. The zero-order valence-electron chi connectivity index (χ0n) is 16.2. The molecular weight excluding hydrogens is 396 g/mol. The number of hydrogen-bond acceptors (Lipinski definition) is 6. The van der Waals surface area contributed by atoms with Crippen molar-refractivity contribution in [2.45, 2.75) is 34.7 Å². The number of amides is 1. The second-order valence-corrected chi connectivity index (χ2v) is 8.81. The van der Waals surface area contributed by atoms with Crippen molar-refractivity contribution in [3.63, 3.8) is 0 Å². The van der Waals surface area contributed by atoms with E-state index in [2.05, 4.69) is 38.8 Å². The van der Waals surface area contributed by atoms with E-state index in [0.717, 1.165) is 34.7 Å². The molecule has 2 aliphatic rings. The first-order valence-electron chi connectivity index (χ1n) is 9.91. The normalized spacial score (nSPS) is 22.1. The van der Waals surface area contributed by atoms with Crippen LogP contribution in [0.2, 0.25) is 0 Å². The third kappa shape index (κ3) is 3.53. The summed E-state index contributed by atoms with van der Waals surface area (Å²) in [6.45, 7) is 0.810. The van der Waals surface area contributed by atoms with Crippen LogP contribution < -0.4 is 5.32 Å². The van der Waals surface area contributed by atoms with Crippen LogP contribution in [-0.2, 0) is 0 Å². The summed E-state index contributed by atoms with van der Waals surface area (Å²) in [5.41, 5.74) is 1.96. The molecule has 3 aromatic rings. The summed E-state index contributed by atoms with van der Waals surface area (Å²) in [4.78, 5) is 21.0. The van der Waals surface area contributed by atoms with Crippen molar-refractivity contribution in [2.75, 3.05) is 6.54 Å². The Kier molecular flexibility index (Phi) is 4.89. The molecule has 0 spiro atoms. The first-order valence-corrected chi connectivity index (χ1v) is 10.7. The highest BCUT2D eigenvalue weighted by Gasteiger charge is 2.45.